The molecule has 38 heavy (non-hydrogen) atoms. The number of rotatable bonds is 6. The van der Waals surface area contributed by atoms with Crippen molar-refractivity contribution in [1.82, 2.24) is 29.7 Å². The highest BCUT2D eigenvalue weighted by atomic mass is 32.1. The van der Waals surface area contributed by atoms with Gasteiger partial charge in [-0.3, -0.25) is 14.3 Å². The smallest absolute Gasteiger partial charge is 0.263 e. The van der Waals surface area contributed by atoms with E-state index in [2.05, 4.69) is 50.6 Å². The Hall–Kier alpha value is -3.65. The van der Waals surface area contributed by atoms with Crippen LogP contribution in [0.5, 0.6) is 0 Å². The molecule has 196 valence electrons. The summed E-state index contributed by atoms with van der Waals surface area (Å²) in [5.74, 6) is 0.431. The summed E-state index contributed by atoms with van der Waals surface area (Å²) < 4.78 is 2.12. The third-order valence-corrected chi connectivity index (χ3v) is 9.10. The summed E-state index contributed by atoms with van der Waals surface area (Å²) >= 11 is 1.42. The lowest BCUT2D eigenvalue weighted by molar-refractivity contribution is 0.0920. The number of carbonyl (C=O) groups is 1. The molecular formula is C30H34N6OS. The minimum atomic E-state index is -0.0812. The molecule has 1 saturated heterocycles. The molecule has 2 fully saturated rings. The van der Waals surface area contributed by atoms with Crippen molar-refractivity contribution in [2.24, 2.45) is 0 Å². The molecular weight excluding hydrogens is 492 g/mol. The minimum absolute atomic E-state index is 0.0520. The Kier molecular flexibility index (Phi) is 6.66. The van der Waals surface area contributed by atoms with Crippen LogP contribution >= 0.6 is 11.3 Å². The van der Waals surface area contributed by atoms with Gasteiger partial charge < -0.3 is 15.2 Å². The molecule has 1 saturated carbocycles. The van der Waals surface area contributed by atoms with Gasteiger partial charge in [0.25, 0.3) is 5.91 Å². The van der Waals surface area contributed by atoms with Gasteiger partial charge in [0.05, 0.1) is 22.1 Å². The second kappa shape index (κ2) is 10.3. The molecule has 8 heteroatoms. The number of aromatic nitrogens is 4. The number of likely N-dealkylation sites (tertiary alicyclic amines) is 1. The second-order valence-corrected chi connectivity index (χ2v) is 11.5. The maximum Gasteiger partial charge on any atom is 0.263 e. The lowest BCUT2D eigenvalue weighted by atomic mass is 9.86. The Balaban J connectivity index is 1.36. The number of hydrogen-bond acceptors (Lipinski definition) is 5. The summed E-state index contributed by atoms with van der Waals surface area (Å²) in [4.78, 5) is 30.0. The first-order valence-electron chi connectivity index (χ1n) is 13.5. The number of amides is 1. The molecule has 1 atom stereocenters. The van der Waals surface area contributed by atoms with E-state index < -0.39 is 0 Å². The molecule has 2 N–H and O–H groups in total. The molecule has 1 amide bonds. The van der Waals surface area contributed by atoms with Crippen molar-refractivity contribution >= 4 is 45.1 Å². The van der Waals surface area contributed by atoms with Gasteiger partial charge in [0.2, 0.25) is 0 Å². The van der Waals surface area contributed by atoms with Crippen LogP contribution in [0, 0.1) is 0 Å². The summed E-state index contributed by atoms with van der Waals surface area (Å²) in [6.07, 6.45) is 13.7. The van der Waals surface area contributed by atoms with Gasteiger partial charge in [0.15, 0.2) is 0 Å². The molecule has 0 bridgehead atoms. The van der Waals surface area contributed by atoms with E-state index in [1.165, 1.54) is 43.4 Å². The number of piperidine rings is 1. The zero-order valence-corrected chi connectivity index (χ0v) is 22.5. The van der Waals surface area contributed by atoms with Crippen LogP contribution in [-0.2, 0) is 0 Å². The van der Waals surface area contributed by atoms with Crippen LogP contribution in [0.1, 0.15) is 66.2 Å². The van der Waals surface area contributed by atoms with Gasteiger partial charge in [-0.2, -0.15) is 0 Å². The number of hydrogen-bond donors (Lipinski definition) is 2. The zero-order valence-electron chi connectivity index (χ0n) is 21.7. The minimum Gasteiger partial charge on any atom is -0.370 e. The number of aromatic amines is 1. The number of nitrogens with one attached hydrogen (secondary N) is 2. The van der Waals surface area contributed by atoms with E-state index in [1.54, 1.807) is 6.08 Å². The van der Waals surface area contributed by atoms with Crippen LogP contribution in [0.3, 0.4) is 0 Å². The van der Waals surface area contributed by atoms with Crippen LogP contribution in [-0.4, -0.2) is 49.5 Å². The van der Waals surface area contributed by atoms with Crippen molar-refractivity contribution in [3.05, 3.63) is 71.6 Å². The van der Waals surface area contributed by atoms with Gasteiger partial charge >= 0.3 is 0 Å². The Labute approximate surface area is 226 Å². The topological polar surface area (TPSA) is 78.8 Å². The Morgan fingerprint density at radius 2 is 1.95 bits per heavy atom. The van der Waals surface area contributed by atoms with E-state index in [1.807, 2.05) is 24.5 Å². The summed E-state index contributed by atoms with van der Waals surface area (Å²) in [6, 6.07) is 6.29. The van der Waals surface area contributed by atoms with Crippen molar-refractivity contribution in [2.45, 2.75) is 56.9 Å². The molecule has 1 aliphatic carbocycles. The predicted molar refractivity (Wildman–Crippen MR) is 155 cm³/mol. The molecule has 0 aromatic carbocycles. The van der Waals surface area contributed by atoms with E-state index in [4.69, 9.17) is 4.98 Å². The molecule has 4 aromatic rings. The predicted octanol–water partition coefficient (Wildman–Crippen LogP) is 5.60. The van der Waals surface area contributed by atoms with Crippen LogP contribution in [0.4, 0.5) is 0 Å². The molecule has 4 aromatic heterocycles. The third kappa shape index (κ3) is 4.47. The van der Waals surface area contributed by atoms with Crippen molar-refractivity contribution in [1.29, 1.82) is 0 Å². The standard InChI is InChI=1S/C30H34N6OS/c1-4-19(2)35-16-8-11-22(18-35)34-29(37)28-27-26-25(13-15-32-30(26)38-28)36(20(3)33-27)23-12-14-31-24(17-23)21-9-6-5-7-10-21/h4,12-15,17,21-22,33H,1-3,5-11,16,18H2,(H,34,37)/t22-/m1/s1. The van der Waals surface area contributed by atoms with Crippen LogP contribution in [0.2, 0.25) is 0 Å². The number of carbonyl (C=O) groups excluding carboxylic acids is 1. The Bertz CT molecular complexity index is 1590. The van der Waals surface area contributed by atoms with Crippen molar-refractivity contribution < 1.29 is 4.79 Å². The normalized spacial score (nSPS) is 18.6. The van der Waals surface area contributed by atoms with Crippen LogP contribution in [0.15, 0.2) is 55.5 Å². The maximum atomic E-state index is 13.5. The maximum absolute atomic E-state index is 13.5. The molecule has 2 aliphatic rings. The summed E-state index contributed by atoms with van der Waals surface area (Å²) in [5.41, 5.74) is 5.56. The quantitative estimate of drug-likeness (QED) is 0.321. The number of thiophene rings is 1. The first kappa shape index (κ1) is 24.7. The van der Waals surface area contributed by atoms with Gasteiger partial charge in [-0.25, -0.2) is 4.98 Å². The van der Waals surface area contributed by atoms with Crippen LogP contribution < -0.4 is 10.8 Å². The first-order chi connectivity index (χ1) is 18.5. The fourth-order valence-corrected chi connectivity index (χ4v) is 7.07. The van der Waals surface area contributed by atoms with E-state index >= 15 is 0 Å². The van der Waals surface area contributed by atoms with Crippen molar-refractivity contribution in [3.8, 4) is 5.69 Å². The lowest BCUT2D eigenvalue weighted by Gasteiger charge is -2.34. The fourth-order valence-electron chi connectivity index (χ4n) is 6.05. The zero-order chi connectivity index (χ0) is 26.2. The number of H-pyrrole nitrogens is 1. The highest BCUT2D eigenvalue weighted by molar-refractivity contribution is 7.21. The second-order valence-electron chi connectivity index (χ2n) is 10.5. The van der Waals surface area contributed by atoms with E-state index in [9.17, 15) is 4.79 Å². The molecule has 6 rings (SSSR count). The highest BCUT2D eigenvalue weighted by Crippen LogP contribution is 2.35. The van der Waals surface area contributed by atoms with Gasteiger partial charge in [-0.1, -0.05) is 39.0 Å². The third-order valence-electron chi connectivity index (χ3n) is 8.00. The first-order valence-corrected chi connectivity index (χ1v) is 14.4. The molecule has 0 unspecified atom stereocenters. The SMILES string of the molecule is C=CC(=C)N1CCC[C@@H](NC(=O)c2sc3nccc4c3c2[nH]c(=C)n4-c2ccnc(C3CCCCC3)c2)C1. The summed E-state index contributed by atoms with van der Waals surface area (Å²) in [7, 11) is 0. The van der Waals surface area contributed by atoms with Crippen molar-refractivity contribution in [2.75, 3.05) is 13.1 Å². The Morgan fingerprint density at radius 3 is 2.76 bits per heavy atom. The monoisotopic (exact) mass is 526 g/mol. The average molecular weight is 527 g/mol. The average Bonchev–Trinajstić information content (AvgIpc) is 3.33. The molecule has 5 heterocycles. The van der Waals surface area contributed by atoms with Gasteiger partial charge in [0, 0.05) is 48.8 Å². The number of nitrogens with zero attached hydrogens (tertiary/aromatic N) is 4. The van der Waals surface area contributed by atoms with E-state index in [0.29, 0.717) is 16.3 Å². The number of pyridine rings is 2. The van der Waals surface area contributed by atoms with Gasteiger partial charge in [0.1, 0.15) is 15.2 Å². The summed E-state index contributed by atoms with van der Waals surface area (Å²) in [5, 5.41) is 4.21. The van der Waals surface area contributed by atoms with E-state index in [-0.39, 0.29) is 11.9 Å². The fraction of sp³-hybridized carbons (Fsp3) is 0.367. The summed E-state index contributed by atoms with van der Waals surface area (Å²) in [6.45, 7) is 13.9. The van der Waals surface area contributed by atoms with Gasteiger partial charge in [-0.15, -0.1) is 11.3 Å². The highest BCUT2D eigenvalue weighted by Gasteiger charge is 2.26. The lowest BCUT2D eigenvalue weighted by Crippen LogP contribution is -2.46. The molecule has 7 nitrogen and oxygen atoms in total. The molecule has 0 spiro atoms. The molecule has 1 aliphatic heterocycles. The Morgan fingerprint density at radius 1 is 1.13 bits per heavy atom. The molecule has 0 radical (unpaired) electrons. The van der Waals surface area contributed by atoms with Crippen molar-refractivity contribution in [3.63, 3.8) is 0 Å². The van der Waals surface area contributed by atoms with E-state index in [0.717, 1.165) is 64.3 Å². The van der Waals surface area contributed by atoms with Gasteiger partial charge in [-0.05, 0) is 50.0 Å². The largest absolute Gasteiger partial charge is 0.370 e. The van der Waals surface area contributed by atoms with Crippen LogP contribution in [0.25, 0.3) is 33.5 Å². The number of allylic oxidation sites excluding steroid dienone is 1.